The molecule has 0 saturated carbocycles. The summed E-state index contributed by atoms with van der Waals surface area (Å²) in [5.74, 6) is -0.321. The number of hydrogen-bond acceptors (Lipinski definition) is 3. The highest BCUT2D eigenvalue weighted by Gasteiger charge is 2.11. The lowest BCUT2D eigenvalue weighted by Gasteiger charge is -2.11. The molecule has 1 amide bonds. The molecule has 21 heavy (non-hydrogen) atoms. The monoisotopic (exact) mass is 299 g/mol. The molecule has 1 aromatic carbocycles. The summed E-state index contributed by atoms with van der Waals surface area (Å²) in [4.78, 5) is 11.7. The number of nitrogens with one attached hydrogen (secondary N) is 1. The van der Waals surface area contributed by atoms with Crippen molar-refractivity contribution < 1.29 is 23.4 Å². The summed E-state index contributed by atoms with van der Waals surface area (Å²) in [6.45, 7) is 0.696. The third kappa shape index (κ3) is 6.35. The zero-order valence-corrected chi connectivity index (χ0v) is 12.0. The number of benzene rings is 1. The van der Waals surface area contributed by atoms with Crippen LogP contribution in [0.4, 0.5) is 8.78 Å². The minimum absolute atomic E-state index is 0.0260. The quantitative estimate of drug-likeness (QED) is 0.761. The van der Waals surface area contributed by atoms with Crippen LogP contribution >= 0.6 is 0 Å². The number of amides is 1. The lowest BCUT2D eigenvalue weighted by molar-refractivity contribution is -0.116. The lowest BCUT2D eigenvalue weighted by atomic mass is 10.1. The van der Waals surface area contributed by atoms with Gasteiger partial charge in [0, 0.05) is 18.2 Å². The molecule has 0 heterocycles. The molecule has 0 aromatic heterocycles. The Balaban J connectivity index is 2.75. The normalized spacial score (nSPS) is 13.1. The van der Waals surface area contributed by atoms with Crippen LogP contribution in [0.15, 0.2) is 30.3 Å². The average Bonchev–Trinajstić information content (AvgIpc) is 2.37. The first-order valence-corrected chi connectivity index (χ1v) is 6.58. The predicted octanol–water partition coefficient (Wildman–Crippen LogP) is 2.58. The third-order valence-electron chi connectivity index (χ3n) is 2.74. The number of aliphatic hydroxyl groups is 1. The molecule has 1 unspecified atom stereocenters. The maximum Gasteiger partial charge on any atom is 0.387 e. The highest BCUT2D eigenvalue weighted by atomic mass is 19.3. The van der Waals surface area contributed by atoms with E-state index in [4.69, 9.17) is 5.11 Å². The van der Waals surface area contributed by atoms with Gasteiger partial charge in [-0.15, -0.1) is 0 Å². The molecule has 0 spiro atoms. The molecule has 0 aliphatic rings. The van der Waals surface area contributed by atoms with Crippen molar-refractivity contribution in [2.24, 2.45) is 0 Å². The fourth-order valence-electron chi connectivity index (χ4n) is 1.72. The molecule has 1 aromatic rings. The molecular weight excluding hydrogens is 280 g/mol. The number of ether oxygens (including phenoxy) is 1. The van der Waals surface area contributed by atoms with Gasteiger partial charge in [0.2, 0.25) is 5.91 Å². The average molecular weight is 299 g/mol. The van der Waals surface area contributed by atoms with Crippen molar-refractivity contribution in [1.29, 1.82) is 0 Å². The van der Waals surface area contributed by atoms with Crippen LogP contribution in [0.5, 0.6) is 5.75 Å². The van der Waals surface area contributed by atoms with Gasteiger partial charge >= 0.3 is 6.61 Å². The molecule has 2 N–H and O–H groups in total. The van der Waals surface area contributed by atoms with Gasteiger partial charge in [0.05, 0.1) is 6.10 Å². The Morgan fingerprint density at radius 2 is 2.10 bits per heavy atom. The molecule has 0 radical (unpaired) electrons. The zero-order chi connectivity index (χ0) is 15.8. The summed E-state index contributed by atoms with van der Waals surface area (Å²) in [6, 6.07) is 6.28. The van der Waals surface area contributed by atoms with Crippen molar-refractivity contribution >= 4 is 11.5 Å². The SMILES string of the molecule is C/C(=C/C(=O)NCCC(C)O)c1ccccc1OC(F)F. The number of aliphatic hydroxyl groups excluding tert-OH is 1. The van der Waals surface area contributed by atoms with E-state index in [0.717, 1.165) is 0 Å². The van der Waals surface area contributed by atoms with E-state index in [1.54, 1.807) is 32.0 Å². The van der Waals surface area contributed by atoms with E-state index in [-0.39, 0.29) is 11.7 Å². The summed E-state index contributed by atoms with van der Waals surface area (Å²) in [5, 5.41) is 11.7. The van der Waals surface area contributed by atoms with Crippen LogP contribution in [0, 0.1) is 0 Å². The van der Waals surface area contributed by atoms with Crippen LogP contribution in [0.25, 0.3) is 5.57 Å². The Bertz CT molecular complexity index is 501. The number of alkyl halides is 2. The van der Waals surface area contributed by atoms with Crippen molar-refractivity contribution in [1.82, 2.24) is 5.32 Å². The van der Waals surface area contributed by atoms with E-state index in [0.29, 0.717) is 24.1 Å². The topological polar surface area (TPSA) is 58.6 Å². The van der Waals surface area contributed by atoms with Crippen LogP contribution in [-0.4, -0.2) is 30.3 Å². The molecule has 116 valence electrons. The van der Waals surface area contributed by atoms with Gasteiger partial charge in [-0.05, 0) is 31.9 Å². The predicted molar refractivity (Wildman–Crippen MR) is 76.0 cm³/mol. The van der Waals surface area contributed by atoms with E-state index < -0.39 is 12.7 Å². The van der Waals surface area contributed by atoms with Gasteiger partial charge in [-0.1, -0.05) is 18.2 Å². The highest BCUT2D eigenvalue weighted by molar-refractivity contribution is 5.95. The molecule has 0 aliphatic carbocycles. The van der Waals surface area contributed by atoms with E-state index in [1.807, 2.05) is 0 Å². The number of para-hydroxylation sites is 1. The number of carbonyl (C=O) groups is 1. The van der Waals surface area contributed by atoms with Gasteiger partial charge in [0.15, 0.2) is 0 Å². The number of hydrogen-bond donors (Lipinski definition) is 2. The second-order valence-corrected chi connectivity index (χ2v) is 4.63. The summed E-state index contributed by atoms with van der Waals surface area (Å²) in [7, 11) is 0. The Labute approximate surface area is 122 Å². The molecular formula is C15H19F2NO3. The van der Waals surface area contributed by atoms with E-state index >= 15 is 0 Å². The van der Waals surface area contributed by atoms with Gasteiger partial charge in [-0.3, -0.25) is 4.79 Å². The summed E-state index contributed by atoms with van der Waals surface area (Å²) < 4.78 is 29.1. The molecule has 0 fully saturated rings. The van der Waals surface area contributed by atoms with E-state index in [2.05, 4.69) is 10.1 Å². The van der Waals surface area contributed by atoms with E-state index in [1.165, 1.54) is 12.1 Å². The van der Waals surface area contributed by atoms with Crippen molar-refractivity contribution in [2.75, 3.05) is 6.54 Å². The minimum atomic E-state index is -2.92. The Hall–Kier alpha value is -1.95. The zero-order valence-electron chi connectivity index (χ0n) is 12.0. The molecule has 0 saturated heterocycles. The van der Waals surface area contributed by atoms with Gasteiger partial charge in [0.1, 0.15) is 5.75 Å². The largest absolute Gasteiger partial charge is 0.434 e. The number of carbonyl (C=O) groups excluding carboxylic acids is 1. The molecule has 1 rings (SSSR count). The molecule has 1 atom stereocenters. The van der Waals surface area contributed by atoms with Crippen LogP contribution in [-0.2, 0) is 4.79 Å². The van der Waals surface area contributed by atoms with Crippen LogP contribution in [0.2, 0.25) is 0 Å². The summed E-state index contributed by atoms with van der Waals surface area (Å²) in [6.07, 6.45) is 1.27. The van der Waals surface area contributed by atoms with Gasteiger partial charge in [-0.2, -0.15) is 8.78 Å². The smallest absolute Gasteiger partial charge is 0.387 e. The molecule has 6 heteroatoms. The standard InChI is InChI=1S/C15H19F2NO3/c1-10(9-14(20)18-8-7-11(2)19)12-5-3-4-6-13(12)21-15(16)17/h3-6,9,11,15,19H,7-8H2,1-2H3,(H,18,20)/b10-9-. The molecule has 0 bridgehead atoms. The minimum Gasteiger partial charge on any atom is -0.434 e. The van der Waals surface area contributed by atoms with E-state index in [9.17, 15) is 13.6 Å². The van der Waals surface area contributed by atoms with Crippen molar-refractivity contribution in [3.63, 3.8) is 0 Å². The number of rotatable bonds is 7. The third-order valence-corrected chi connectivity index (χ3v) is 2.74. The van der Waals surface area contributed by atoms with Gasteiger partial charge in [0.25, 0.3) is 0 Å². The van der Waals surface area contributed by atoms with Crippen LogP contribution in [0.3, 0.4) is 0 Å². The fraction of sp³-hybridized carbons (Fsp3) is 0.400. The lowest BCUT2D eigenvalue weighted by Crippen LogP contribution is -2.24. The Morgan fingerprint density at radius 3 is 2.71 bits per heavy atom. The summed E-state index contributed by atoms with van der Waals surface area (Å²) in [5.41, 5.74) is 0.948. The van der Waals surface area contributed by atoms with Gasteiger partial charge in [-0.25, -0.2) is 0 Å². The molecule has 0 aliphatic heterocycles. The first kappa shape index (κ1) is 17.1. The number of allylic oxidation sites excluding steroid dienone is 1. The first-order chi connectivity index (χ1) is 9.90. The maximum absolute atomic E-state index is 12.3. The summed E-state index contributed by atoms with van der Waals surface area (Å²) >= 11 is 0. The second kappa shape index (κ2) is 8.36. The first-order valence-electron chi connectivity index (χ1n) is 6.58. The van der Waals surface area contributed by atoms with Crippen molar-refractivity contribution in [2.45, 2.75) is 33.0 Å². The van der Waals surface area contributed by atoms with Crippen molar-refractivity contribution in [3.05, 3.63) is 35.9 Å². The fourth-order valence-corrected chi connectivity index (χ4v) is 1.72. The highest BCUT2D eigenvalue weighted by Crippen LogP contribution is 2.26. The van der Waals surface area contributed by atoms with Crippen molar-refractivity contribution in [3.8, 4) is 5.75 Å². The maximum atomic E-state index is 12.3. The van der Waals surface area contributed by atoms with Crippen LogP contribution in [0.1, 0.15) is 25.8 Å². The molecule has 4 nitrogen and oxygen atoms in total. The van der Waals surface area contributed by atoms with Crippen LogP contribution < -0.4 is 10.1 Å². The van der Waals surface area contributed by atoms with Gasteiger partial charge < -0.3 is 15.2 Å². The Kier molecular flexibility index (Phi) is 6.81. The number of halogens is 2. The second-order valence-electron chi connectivity index (χ2n) is 4.63. The Morgan fingerprint density at radius 1 is 1.43 bits per heavy atom.